The number of rotatable bonds is 2. The van der Waals surface area contributed by atoms with Crippen LogP contribution in [0.4, 0.5) is 0 Å². The molecule has 0 spiro atoms. The van der Waals surface area contributed by atoms with Gasteiger partial charge in [0.15, 0.2) is 0 Å². The third-order valence-electron chi connectivity index (χ3n) is 2.37. The molecule has 1 amide bonds. The summed E-state index contributed by atoms with van der Waals surface area (Å²) in [6.45, 7) is 3.30. The summed E-state index contributed by atoms with van der Waals surface area (Å²) in [4.78, 5) is 13.2. The highest BCUT2D eigenvalue weighted by molar-refractivity contribution is 5.77. The number of nitriles is 1. The van der Waals surface area contributed by atoms with Gasteiger partial charge in [0.05, 0.1) is 6.07 Å². The number of carbonyl (C=O) groups is 1. The highest BCUT2D eigenvalue weighted by atomic mass is 16.1. The number of hydrogen-bond donors (Lipinski definition) is 1. The zero-order valence-electron chi connectivity index (χ0n) is 8.13. The number of carbonyl (C=O) groups excluding carboxylic acids is 1. The zero-order valence-corrected chi connectivity index (χ0v) is 8.13. The predicted octanol–water partition coefficient (Wildman–Crippen LogP) is 0.110. The largest absolute Gasteiger partial charge is 0.337 e. The molecule has 0 aromatic carbocycles. The molecule has 0 radical (unpaired) electrons. The summed E-state index contributed by atoms with van der Waals surface area (Å²) in [6, 6.07) is 2.20. The number of likely N-dealkylation sites (N-methyl/N-ethyl adjacent to an activating group) is 1. The average molecular weight is 181 g/mol. The van der Waals surface area contributed by atoms with E-state index in [-0.39, 0.29) is 5.91 Å². The van der Waals surface area contributed by atoms with Crippen LogP contribution in [0.3, 0.4) is 0 Å². The Hall–Kier alpha value is -1.08. The molecular weight excluding hydrogens is 166 g/mol. The van der Waals surface area contributed by atoms with Crippen LogP contribution in [0.2, 0.25) is 0 Å². The summed E-state index contributed by atoms with van der Waals surface area (Å²) in [7, 11) is 1.96. The van der Waals surface area contributed by atoms with Crippen molar-refractivity contribution in [2.24, 2.45) is 0 Å². The van der Waals surface area contributed by atoms with Gasteiger partial charge in [0.1, 0.15) is 5.54 Å². The first-order valence-corrected chi connectivity index (χ1v) is 4.53. The fourth-order valence-corrected chi connectivity index (χ4v) is 1.58. The molecule has 4 nitrogen and oxygen atoms in total. The number of nitrogens with one attached hydrogen (secondary N) is 1. The Morgan fingerprint density at radius 2 is 2.46 bits per heavy atom. The van der Waals surface area contributed by atoms with Gasteiger partial charge in [0, 0.05) is 19.5 Å². The molecule has 1 rings (SSSR count). The van der Waals surface area contributed by atoms with Gasteiger partial charge in [-0.25, -0.2) is 0 Å². The Morgan fingerprint density at radius 3 is 2.85 bits per heavy atom. The van der Waals surface area contributed by atoms with E-state index < -0.39 is 5.54 Å². The minimum absolute atomic E-state index is 0.0446. The summed E-state index contributed by atoms with van der Waals surface area (Å²) in [6.07, 6.45) is 1.17. The molecule has 13 heavy (non-hydrogen) atoms. The summed E-state index contributed by atoms with van der Waals surface area (Å²) < 4.78 is 0. The van der Waals surface area contributed by atoms with Gasteiger partial charge < -0.3 is 10.2 Å². The van der Waals surface area contributed by atoms with E-state index in [1.54, 1.807) is 6.92 Å². The van der Waals surface area contributed by atoms with Crippen molar-refractivity contribution in [3.8, 4) is 6.07 Å². The molecule has 0 bridgehead atoms. The van der Waals surface area contributed by atoms with Gasteiger partial charge in [0.2, 0.25) is 5.91 Å². The van der Waals surface area contributed by atoms with E-state index in [2.05, 4.69) is 16.3 Å². The maximum atomic E-state index is 11.2. The molecule has 0 saturated carbocycles. The standard InChI is InChI=1S/C9H15N3O/c1-3-8(13)11-9(6-10)4-5-12(2)7-9/h3-5,7H2,1-2H3,(H,11,13). The Labute approximate surface area is 78.5 Å². The summed E-state index contributed by atoms with van der Waals surface area (Å²) in [5.74, 6) is -0.0446. The molecule has 0 aromatic rings. The smallest absolute Gasteiger partial charge is 0.220 e. The van der Waals surface area contributed by atoms with Crippen molar-refractivity contribution in [1.82, 2.24) is 10.2 Å². The molecule has 4 heteroatoms. The molecule has 1 aliphatic heterocycles. The van der Waals surface area contributed by atoms with E-state index in [1.807, 2.05) is 7.05 Å². The van der Waals surface area contributed by atoms with Crippen LogP contribution in [0.5, 0.6) is 0 Å². The number of nitrogens with zero attached hydrogens (tertiary/aromatic N) is 2. The van der Waals surface area contributed by atoms with Crippen LogP contribution in [-0.2, 0) is 4.79 Å². The first-order chi connectivity index (χ1) is 6.12. The van der Waals surface area contributed by atoms with Crippen LogP contribution < -0.4 is 5.32 Å². The minimum Gasteiger partial charge on any atom is -0.337 e. The van der Waals surface area contributed by atoms with Crippen molar-refractivity contribution in [3.63, 3.8) is 0 Å². The molecule has 0 aromatic heterocycles. The van der Waals surface area contributed by atoms with Crippen molar-refractivity contribution in [3.05, 3.63) is 0 Å². The second-order valence-electron chi connectivity index (χ2n) is 3.58. The van der Waals surface area contributed by atoms with E-state index in [4.69, 9.17) is 5.26 Å². The van der Waals surface area contributed by atoms with Crippen molar-refractivity contribution in [2.75, 3.05) is 20.1 Å². The SMILES string of the molecule is CCC(=O)NC1(C#N)CCN(C)C1. The molecule has 1 heterocycles. The van der Waals surface area contributed by atoms with E-state index in [0.29, 0.717) is 13.0 Å². The number of likely N-dealkylation sites (tertiary alicyclic amines) is 1. The normalized spacial score (nSPS) is 28.4. The summed E-state index contributed by atoms with van der Waals surface area (Å²) in [5, 5.41) is 11.8. The lowest BCUT2D eigenvalue weighted by molar-refractivity contribution is -0.122. The zero-order chi connectivity index (χ0) is 9.90. The van der Waals surface area contributed by atoms with Gasteiger partial charge in [-0.3, -0.25) is 4.79 Å². The van der Waals surface area contributed by atoms with Gasteiger partial charge in [-0.2, -0.15) is 5.26 Å². The molecule has 0 aliphatic carbocycles. The van der Waals surface area contributed by atoms with Crippen LogP contribution >= 0.6 is 0 Å². The Bertz CT molecular complexity index is 246. The Morgan fingerprint density at radius 1 is 1.77 bits per heavy atom. The molecule has 1 atom stereocenters. The van der Waals surface area contributed by atoms with Crippen LogP contribution in [0, 0.1) is 11.3 Å². The first-order valence-electron chi connectivity index (χ1n) is 4.53. The second kappa shape index (κ2) is 3.75. The van der Waals surface area contributed by atoms with E-state index in [0.717, 1.165) is 13.0 Å². The topological polar surface area (TPSA) is 56.1 Å². The lowest BCUT2D eigenvalue weighted by Crippen LogP contribution is -2.48. The number of amides is 1. The predicted molar refractivity (Wildman–Crippen MR) is 48.9 cm³/mol. The quantitative estimate of drug-likeness (QED) is 0.658. The molecule has 1 saturated heterocycles. The van der Waals surface area contributed by atoms with Crippen LogP contribution in [-0.4, -0.2) is 36.5 Å². The maximum absolute atomic E-state index is 11.2. The van der Waals surface area contributed by atoms with Crippen molar-refractivity contribution >= 4 is 5.91 Å². The lowest BCUT2D eigenvalue weighted by atomic mass is 10.0. The third kappa shape index (κ3) is 2.19. The fraction of sp³-hybridized carbons (Fsp3) is 0.778. The van der Waals surface area contributed by atoms with Crippen molar-refractivity contribution < 1.29 is 4.79 Å². The minimum atomic E-state index is -0.637. The average Bonchev–Trinajstić information content (AvgIpc) is 2.48. The molecular formula is C9H15N3O. The van der Waals surface area contributed by atoms with Crippen LogP contribution in [0.15, 0.2) is 0 Å². The highest BCUT2D eigenvalue weighted by Crippen LogP contribution is 2.18. The molecule has 1 unspecified atom stereocenters. The van der Waals surface area contributed by atoms with E-state index in [9.17, 15) is 4.79 Å². The van der Waals surface area contributed by atoms with Crippen LogP contribution in [0.25, 0.3) is 0 Å². The Kier molecular flexibility index (Phi) is 2.89. The Balaban J connectivity index is 2.62. The molecule has 1 N–H and O–H groups in total. The first kappa shape index (κ1) is 10.0. The van der Waals surface area contributed by atoms with Gasteiger partial charge in [-0.1, -0.05) is 6.92 Å². The highest BCUT2D eigenvalue weighted by Gasteiger charge is 2.37. The van der Waals surface area contributed by atoms with Gasteiger partial charge in [-0.15, -0.1) is 0 Å². The van der Waals surface area contributed by atoms with Crippen molar-refractivity contribution in [2.45, 2.75) is 25.3 Å². The summed E-state index contributed by atoms with van der Waals surface area (Å²) >= 11 is 0. The van der Waals surface area contributed by atoms with Gasteiger partial charge in [0.25, 0.3) is 0 Å². The lowest BCUT2D eigenvalue weighted by Gasteiger charge is -2.21. The molecule has 1 fully saturated rings. The maximum Gasteiger partial charge on any atom is 0.220 e. The fourth-order valence-electron chi connectivity index (χ4n) is 1.58. The third-order valence-corrected chi connectivity index (χ3v) is 2.37. The van der Waals surface area contributed by atoms with Crippen LogP contribution in [0.1, 0.15) is 19.8 Å². The molecule has 72 valence electrons. The van der Waals surface area contributed by atoms with Crippen molar-refractivity contribution in [1.29, 1.82) is 5.26 Å². The summed E-state index contributed by atoms with van der Waals surface area (Å²) in [5.41, 5.74) is -0.637. The second-order valence-corrected chi connectivity index (χ2v) is 3.58. The van der Waals surface area contributed by atoms with Gasteiger partial charge in [-0.05, 0) is 13.5 Å². The number of hydrogen-bond acceptors (Lipinski definition) is 3. The van der Waals surface area contributed by atoms with E-state index in [1.165, 1.54) is 0 Å². The molecule has 1 aliphatic rings. The van der Waals surface area contributed by atoms with Gasteiger partial charge >= 0.3 is 0 Å². The monoisotopic (exact) mass is 181 g/mol. The van der Waals surface area contributed by atoms with E-state index >= 15 is 0 Å².